The second kappa shape index (κ2) is 9.53. The maximum Gasteiger partial charge on any atom is 0.408 e. The Labute approximate surface area is 167 Å². The number of methoxy groups -OCH3 is 1. The third kappa shape index (κ3) is 7.13. The summed E-state index contributed by atoms with van der Waals surface area (Å²) >= 11 is 0. The molecule has 0 aliphatic heterocycles. The van der Waals surface area contributed by atoms with Crippen LogP contribution in [0.4, 0.5) is 10.7 Å². The number of aromatic nitrogens is 2. The minimum atomic E-state index is -1.19. The lowest BCUT2D eigenvalue weighted by molar-refractivity contribution is -0.670. The Balaban J connectivity index is 1.99. The van der Waals surface area contributed by atoms with Crippen molar-refractivity contribution in [2.75, 3.05) is 19.0 Å². The van der Waals surface area contributed by atoms with E-state index in [2.05, 4.69) is 25.6 Å². The number of alkyl carbamates (subject to hydrolysis) is 1. The van der Waals surface area contributed by atoms with E-state index >= 15 is 0 Å². The number of esters is 1. The highest BCUT2D eigenvalue weighted by Crippen LogP contribution is 2.07. The molecule has 0 unspecified atom stereocenters. The normalized spacial score (nSPS) is 12.8. The first kappa shape index (κ1) is 21.7. The number of aliphatic imine (C=N–C) groups is 1. The van der Waals surface area contributed by atoms with Crippen LogP contribution >= 0.6 is 0 Å². The van der Waals surface area contributed by atoms with Crippen LogP contribution in [0.5, 0.6) is 0 Å². The van der Waals surface area contributed by atoms with Gasteiger partial charge < -0.3 is 25.2 Å². The predicted molar refractivity (Wildman–Crippen MR) is 99.1 cm³/mol. The number of hydrogen-bond acceptors (Lipinski definition) is 8. The van der Waals surface area contributed by atoms with Crippen LogP contribution < -0.4 is 20.4 Å². The smallest absolute Gasteiger partial charge is 0.408 e. The molecule has 1 aromatic carbocycles. The molecule has 0 radical (unpaired) electrons. The number of amidine groups is 1. The molecule has 2 aromatic rings. The first-order chi connectivity index (χ1) is 13.7. The molecule has 1 atom stereocenters. The van der Waals surface area contributed by atoms with Crippen LogP contribution in [-0.2, 0) is 14.3 Å². The molecule has 156 valence electrons. The summed E-state index contributed by atoms with van der Waals surface area (Å²) in [5.41, 5.74) is -0.0133. The van der Waals surface area contributed by atoms with Gasteiger partial charge in [-0.15, -0.1) is 0 Å². The van der Waals surface area contributed by atoms with E-state index in [1.54, 1.807) is 20.8 Å². The van der Waals surface area contributed by atoms with Gasteiger partial charge in [0.05, 0.1) is 19.7 Å². The standard InChI is InChI=1S/C18H23N5O6/c1-18(2,3)28-17(26)20-13(15(24)27-4)10-19-16(25)21-14-11-23(22-29-14)12-8-6-5-7-9-12/h5-9,11,13H,10H2,1-4H3,(H2-,19,20,21,22,25,26)/t13-/m0/s1. The van der Waals surface area contributed by atoms with Crippen LogP contribution in [0.15, 0.2) is 46.0 Å². The van der Waals surface area contributed by atoms with Crippen molar-refractivity contribution in [3.05, 3.63) is 36.5 Å². The van der Waals surface area contributed by atoms with E-state index in [-0.39, 0.29) is 12.4 Å². The molecule has 0 aliphatic carbocycles. The number of nitrogens with zero attached hydrogens (tertiary/aromatic N) is 3. The SMILES string of the molecule is COC(=O)[C@H](CN=C([O-])Nc1c[n+](-c2ccccc2)no1)NC(=O)OC(C)(C)C. The van der Waals surface area contributed by atoms with E-state index in [0.717, 1.165) is 12.8 Å². The van der Waals surface area contributed by atoms with Gasteiger partial charge in [-0.3, -0.25) is 9.52 Å². The summed E-state index contributed by atoms with van der Waals surface area (Å²) in [5.74, 6) is -0.716. The lowest BCUT2D eigenvalue weighted by Gasteiger charge is -2.22. The zero-order chi connectivity index (χ0) is 21.4. The third-order valence-electron chi connectivity index (χ3n) is 3.31. The summed E-state index contributed by atoms with van der Waals surface area (Å²) in [6, 6.07) is 7.15. The summed E-state index contributed by atoms with van der Waals surface area (Å²) in [4.78, 5) is 27.4. The van der Waals surface area contributed by atoms with Crippen molar-refractivity contribution in [3.63, 3.8) is 0 Å². The number of hydrogen-bond donors (Lipinski definition) is 2. The molecular weight excluding hydrogens is 382 g/mol. The van der Waals surface area contributed by atoms with E-state index in [0.29, 0.717) is 0 Å². The number of para-hydroxylation sites is 1. The van der Waals surface area contributed by atoms with Crippen molar-refractivity contribution in [2.24, 2.45) is 4.99 Å². The fraction of sp³-hybridized carbons (Fsp3) is 0.389. The fourth-order valence-electron chi connectivity index (χ4n) is 2.09. The van der Waals surface area contributed by atoms with Gasteiger partial charge in [-0.05, 0) is 25.5 Å². The van der Waals surface area contributed by atoms with Crippen LogP contribution in [0.2, 0.25) is 0 Å². The second-order valence-electron chi connectivity index (χ2n) is 6.84. The molecular formula is C18H23N5O6. The van der Waals surface area contributed by atoms with Crippen LogP contribution in [0.1, 0.15) is 20.8 Å². The lowest BCUT2D eigenvalue weighted by atomic mass is 10.2. The number of nitrogens with one attached hydrogen (secondary N) is 2. The Morgan fingerprint density at radius 3 is 2.62 bits per heavy atom. The van der Waals surface area contributed by atoms with Gasteiger partial charge in [0.1, 0.15) is 11.6 Å². The Morgan fingerprint density at radius 2 is 2.00 bits per heavy atom. The molecule has 0 fully saturated rings. The average molecular weight is 405 g/mol. The molecule has 2 N–H and O–H groups in total. The van der Waals surface area contributed by atoms with Crippen molar-refractivity contribution in [2.45, 2.75) is 32.4 Å². The average Bonchev–Trinajstić information content (AvgIpc) is 3.12. The highest BCUT2D eigenvalue weighted by molar-refractivity contribution is 5.85. The molecule has 2 rings (SSSR count). The van der Waals surface area contributed by atoms with Crippen molar-refractivity contribution >= 4 is 24.0 Å². The molecule has 0 saturated carbocycles. The van der Waals surface area contributed by atoms with Crippen molar-refractivity contribution in [1.29, 1.82) is 0 Å². The van der Waals surface area contributed by atoms with Gasteiger partial charge in [-0.1, -0.05) is 18.2 Å². The highest BCUT2D eigenvalue weighted by Gasteiger charge is 2.24. The number of carbonyl (C=O) groups is 2. The van der Waals surface area contributed by atoms with Gasteiger partial charge in [-0.2, -0.15) is 0 Å². The van der Waals surface area contributed by atoms with E-state index < -0.39 is 29.7 Å². The van der Waals surface area contributed by atoms with E-state index in [1.807, 2.05) is 30.3 Å². The Morgan fingerprint density at radius 1 is 1.31 bits per heavy atom. The molecule has 0 spiro atoms. The molecule has 1 aromatic heterocycles. The maximum atomic E-state index is 12.0. The van der Waals surface area contributed by atoms with Gasteiger partial charge in [0, 0.05) is 12.1 Å². The molecule has 11 nitrogen and oxygen atoms in total. The number of ether oxygens (including phenoxy) is 2. The second-order valence-corrected chi connectivity index (χ2v) is 6.84. The van der Waals surface area contributed by atoms with Crippen LogP contribution in [0.25, 0.3) is 5.69 Å². The van der Waals surface area contributed by atoms with Gasteiger partial charge in [0.2, 0.25) is 11.0 Å². The molecule has 11 heteroatoms. The summed E-state index contributed by atoms with van der Waals surface area (Å²) in [6.45, 7) is 4.68. The molecule has 1 heterocycles. The van der Waals surface area contributed by atoms with Gasteiger partial charge in [0.25, 0.3) is 6.20 Å². The number of benzene rings is 1. The first-order valence-electron chi connectivity index (χ1n) is 8.68. The molecule has 29 heavy (non-hydrogen) atoms. The Hall–Kier alpha value is -3.63. The van der Waals surface area contributed by atoms with Crippen LogP contribution in [0.3, 0.4) is 0 Å². The molecule has 0 saturated heterocycles. The summed E-state index contributed by atoms with van der Waals surface area (Å²) in [6.07, 6.45) is 0.627. The number of rotatable bonds is 6. The van der Waals surface area contributed by atoms with Gasteiger partial charge >= 0.3 is 17.9 Å². The third-order valence-corrected chi connectivity index (χ3v) is 3.31. The predicted octanol–water partition coefficient (Wildman–Crippen LogP) is 0.146. The van der Waals surface area contributed by atoms with Crippen molar-refractivity contribution in [3.8, 4) is 5.69 Å². The highest BCUT2D eigenvalue weighted by atomic mass is 16.6. The molecule has 0 aliphatic rings. The zero-order valence-corrected chi connectivity index (χ0v) is 16.5. The first-order valence-corrected chi connectivity index (χ1v) is 8.68. The summed E-state index contributed by atoms with van der Waals surface area (Å²) < 4.78 is 16.1. The largest absolute Gasteiger partial charge is 0.846 e. The monoisotopic (exact) mass is 405 g/mol. The van der Waals surface area contributed by atoms with Crippen molar-refractivity contribution < 1.29 is 33.4 Å². The Kier molecular flexibility index (Phi) is 7.12. The van der Waals surface area contributed by atoms with Gasteiger partial charge in [0.15, 0.2) is 0 Å². The number of anilines is 1. The number of amides is 1. The van der Waals surface area contributed by atoms with Crippen LogP contribution in [-0.4, -0.2) is 48.7 Å². The molecule has 1 amide bonds. The van der Waals surface area contributed by atoms with Crippen molar-refractivity contribution in [1.82, 2.24) is 10.6 Å². The topological polar surface area (TPSA) is 142 Å². The minimum Gasteiger partial charge on any atom is -0.846 e. The van der Waals surface area contributed by atoms with Gasteiger partial charge in [-0.25, -0.2) is 9.59 Å². The Bertz CT molecular complexity index is 859. The van der Waals surface area contributed by atoms with E-state index in [1.165, 1.54) is 10.9 Å². The minimum absolute atomic E-state index is 0.0531. The quantitative estimate of drug-likeness (QED) is 0.299. The summed E-state index contributed by atoms with van der Waals surface area (Å²) in [7, 11) is 1.16. The zero-order valence-electron chi connectivity index (χ0n) is 16.5. The maximum absolute atomic E-state index is 12.0. The van der Waals surface area contributed by atoms with Crippen LogP contribution in [0, 0.1) is 0 Å². The van der Waals surface area contributed by atoms with E-state index in [9.17, 15) is 14.7 Å². The fourth-order valence-corrected chi connectivity index (χ4v) is 2.09. The van der Waals surface area contributed by atoms with E-state index in [4.69, 9.17) is 9.26 Å². The lowest BCUT2D eigenvalue weighted by Crippen LogP contribution is -2.46. The number of carbonyl (C=O) groups excluding carboxylic acids is 2. The molecule has 0 bridgehead atoms. The summed E-state index contributed by atoms with van der Waals surface area (Å²) in [5, 5.41) is 20.5.